The van der Waals surface area contributed by atoms with Crippen molar-refractivity contribution in [2.75, 3.05) is 0 Å². The number of aromatic nitrogens is 1. The first-order valence-corrected chi connectivity index (χ1v) is 2.80. The van der Waals surface area contributed by atoms with E-state index in [4.69, 9.17) is 16.0 Å². The highest BCUT2D eigenvalue weighted by molar-refractivity contribution is 6.27. The molecule has 0 amide bonds. The Bertz CT molecular complexity index is 173. The van der Waals surface area contributed by atoms with Crippen molar-refractivity contribution in [1.29, 1.82) is 0 Å². The van der Waals surface area contributed by atoms with Gasteiger partial charge in [-0.2, -0.15) is 0 Å². The molecule has 0 radical (unpaired) electrons. The maximum absolute atomic E-state index is 5.36. The summed E-state index contributed by atoms with van der Waals surface area (Å²) in [6.07, 6.45) is 2.43. The first kappa shape index (κ1) is 5.63. The summed E-state index contributed by atoms with van der Waals surface area (Å²) in [5, 5.41) is 0.224. The summed E-state index contributed by atoms with van der Waals surface area (Å²) in [5.74, 6) is 0. The van der Waals surface area contributed by atoms with Crippen LogP contribution >= 0.6 is 11.6 Å². The summed E-state index contributed by atoms with van der Waals surface area (Å²) in [6, 6.07) is 0. The van der Waals surface area contributed by atoms with Gasteiger partial charge < -0.3 is 4.42 Å². The molecule has 3 heteroatoms. The summed E-state index contributed by atoms with van der Waals surface area (Å²) in [6.45, 7) is 1.99. The van der Waals surface area contributed by atoms with Gasteiger partial charge in [0.25, 0.3) is 5.35 Å². The van der Waals surface area contributed by atoms with Crippen LogP contribution in [0.3, 0.4) is 0 Å². The Morgan fingerprint density at radius 3 is 2.88 bits per heavy atom. The molecule has 0 aliphatic heterocycles. The van der Waals surface area contributed by atoms with Crippen molar-refractivity contribution in [1.82, 2.24) is 4.98 Å². The molecule has 1 heterocycles. The summed E-state index contributed by atoms with van der Waals surface area (Å²) >= 11 is 5.36. The van der Waals surface area contributed by atoms with E-state index in [0.717, 1.165) is 12.1 Å². The van der Waals surface area contributed by atoms with Crippen molar-refractivity contribution >= 4 is 11.6 Å². The molecule has 8 heavy (non-hydrogen) atoms. The molecule has 44 valence electrons. The third-order valence-corrected chi connectivity index (χ3v) is 1.06. The number of hydrogen-bond donors (Lipinski definition) is 0. The Morgan fingerprint density at radius 2 is 2.62 bits per heavy atom. The lowest BCUT2D eigenvalue weighted by molar-refractivity contribution is 0.559. The molecule has 2 nitrogen and oxygen atoms in total. The van der Waals surface area contributed by atoms with Crippen LogP contribution in [0.4, 0.5) is 0 Å². The van der Waals surface area contributed by atoms with Crippen LogP contribution < -0.4 is 0 Å². The number of halogens is 1. The van der Waals surface area contributed by atoms with E-state index in [-0.39, 0.29) is 5.35 Å². The summed E-state index contributed by atoms with van der Waals surface area (Å²) in [5.41, 5.74) is 0.898. The highest BCUT2D eigenvalue weighted by atomic mass is 35.5. The fourth-order valence-electron chi connectivity index (χ4n) is 0.445. The highest BCUT2D eigenvalue weighted by Gasteiger charge is 1.94. The predicted molar refractivity (Wildman–Crippen MR) is 30.9 cm³/mol. The summed E-state index contributed by atoms with van der Waals surface area (Å²) in [7, 11) is 0. The molecule has 0 N–H and O–H groups in total. The zero-order valence-corrected chi connectivity index (χ0v) is 5.27. The predicted octanol–water partition coefficient (Wildman–Crippen LogP) is 1.89. The van der Waals surface area contributed by atoms with Gasteiger partial charge in [-0.25, -0.2) is 4.98 Å². The minimum atomic E-state index is 0.224. The average Bonchev–Trinajstić information content (AvgIpc) is 2.14. The molecular formula is C5H6ClNO. The second-order valence-corrected chi connectivity index (χ2v) is 1.77. The third-order valence-electron chi connectivity index (χ3n) is 0.886. The van der Waals surface area contributed by atoms with Crippen molar-refractivity contribution in [3.05, 3.63) is 17.3 Å². The second-order valence-electron chi connectivity index (χ2n) is 1.45. The van der Waals surface area contributed by atoms with Crippen LogP contribution in [-0.2, 0) is 6.42 Å². The second kappa shape index (κ2) is 2.18. The molecule has 0 aromatic carbocycles. The van der Waals surface area contributed by atoms with Crippen LogP contribution in [0.25, 0.3) is 0 Å². The van der Waals surface area contributed by atoms with Crippen molar-refractivity contribution in [2.24, 2.45) is 0 Å². The Labute approximate surface area is 52.5 Å². The Morgan fingerprint density at radius 1 is 1.88 bits per heavy atom. The molecule has 0 saturated carbocycles. The van der Waals surface area contributed by atoms with Gasteiger partial charge in [0.15, 0.2) is 0 Å². The lowest BCUT2D eigenvalue weighted by Gasteiger charge is -1.75. The summed E-state index contributed by atoms with van der Waals surface area (Å²) < 4.78 is 4.71. The van der Waals surface area contributed by atoms with Crippen LogP contribution in [0, 0.1) is 0 Å². The Kier molecular flexibility index (Phi) is 1.53. The molecule has 0 atom stereocenters. The lowest BCUT2D eigenvalue weighted by Crippen LogP contribution is -1.74. The van der Waals surface area contributed by atoms with Gasteiger partial charge in [0.2, 0.25) is 0 Å². The van der Waals surface area contributed by atoms with Crippen molar-refractivity contribution < 1.29 is 4.42 Å². The topological polar surface area (TPSA) is 26.0 Å². The van der Waals surface area contributed by atoms with Gasteiger partial charge in [-0.1, -0.05) is 6.92 Å². The Balaban J connectivity index is 2.84. The van der Waals surface area contributed by atoms with Crippen molar-refractivity contribution in [3.63, 3.8) is 0 Å². The van der Waals surface area contributed by atoms with Gasteiger partial charge in [-0.05, 0) is 18.0 Å². The number of aryl methyl sites for hydroxylation is 1. The number of oxazole rings is 1. The molecule has 0 bridgehead atoms. The van der Waals surface area contributed by atoms with Crippen LogP contribution in [0.2, 0.25) is 5.35 Å². The van der Waals surface area contributed by atoms with Gasteiger partial charge in [0.1, 0.15) is 6.26 Å². The molecule has 1 aromatic heterocycles. The van der Waals surface area contributed by atoms with E-state index in [2.05, 4.69) is 4.98 Å². The number of hydrogen-bond acceptors (Lipinski definition) is 2. The summed E-state index contributed by atoms with van der Waals surface area (Å²) in [4.78, 5) is 3.83. The standard InChI is InChI=1S/C5H6ClNO/c1-2-4-3-8-5(6)7-4/h3H,2H2,1H3. The molecule has 0 saturated heterocycles. The van der Waals surface area contributed by atoms with Gasteiger partial charge in [-0.3, -0.25) is 0 Å². The van der Waals surface area contributed by atoms with Gasteiger partial charge in [-0.15, -0.1) is 0 Å². The fraction of sp³-hybridized carbons (Fsp3) is 0.400. The largest absolute Gasteiger partial charge is 0.436 e. The molecule has 0 aliphatic rings. The monoisotopic (exact) mass is 131 g/mol. The van der Waals surface area contributed by atoms with E-state index in [1.54, 1.807) is 6.26 Å². The first-order chi connectivity index (χ1) is 3.83. The third kappa shape index (κ3) is 1.01. The number of rotatable bonds is 1. The number of nitrogens with zero attached hydrogens (tertiary/aromatic N) is 1. The molecule has 0 unspecified atom stereocenters. The molecule has 0 fully saturated rings. The van der Waals surface area contributed by atoms with Crippen LogP contribution in [0.1, 0.15) is 12.6 Å². The van der Waals surface area contributed by atoms with Crippen LogP contribution in [0.5, 0.6) is 0 Å². The maximum atomic E-state index is 5.36. The zero-order chi connectivity index (χ0) is 5.98. The van der Waals surface area contributed by atoms with Gasteiger partial charge in [0.05, 0.1) is 5.69 Å². The normalized spacial score (nSPS) is 9.75. The highest BCUT2D eigenvalue weighted by Crippen LogP contribution is 2.06. The van der Waals surface area contributed by atoms with E-state index in [1.165, 1.54) is 0 Å². The Hall–Kier alpha value is -0.500. The van der Waals surface area contributed by atoms with E-state index in [9.17, 15) is 0 Å². The molecular weight excluding hydrogens is 126 g/mol. The lowest BCUT2D eigenvalue weighted by atomic mass is 10.4. The van der Waals surface area contributed by atoms with E-state index >= 15 is 0 Å². The van der Waals surface area contributed by atoms with Crippen molar-refractivity contribution in [2.45, 2.75) is 13.3 Å². The molecule has 1 rings (SSSR count). The smallest absolute Gasteiger partial charge is 0.292 e. The molecule has 0 spiro atoms. The van der Waals surface area contributed by atoms with E-state index in [0.29, 0.717) is 0 Å². The molecule has 0 aliphatic carbocycles. The fourth-order valence-corrected chi connectivity index (χ4v) is 0.598. The zero-order valence-electron chi connectivity index (χ0n) is 4.52. The SMILES string of the molecule is CCc1coc(Cl)n1. The van der Waals surface area contributed by atoms with Crippen molar-refractivity contribution in [3.8, 4) is 0 Å². The van der Waals surface area contributed by atoms with Gasteiger partial charge in [0, 0.05) is 0 Å². The minimum Gasteiger partial charge on any atom is -0.436 e. The average molecular weight is 132 g/mol. The molecule has 1 aromatic rings. The van der Waals surface area contributed by atoms with Gasteiger partial charge >= 0.3 is 0 Å². The quantitative estimate of drug-likeness (QED) is 0.582. The maximum Gasteiger partial charge on any atom is 0.292 e. The minimum absolute atomic E-state index is 0.224. The van der Waals surface area contributed by atoms with E-state index in [1.807, 2.05) is 6.92 Å². The van der Waals surface area contributed by atoms with E-state index < -0.39 is 0 Å². The van der Waals surface area contributed by atoms with Crippen LogP contribution in [-0.4, -0.2) is 4.98 Å². The van der Waals surface area contributed by atoms with Crippen LogP contribution in [0.15, 0.2) is 10.7 Å². The first-order valence-electron chi connectivity index (χ1n) is 2.43.